The van der Waals surface area contributed by atoms with Gasteiger partial charge >= 0.3 is 0 Å². The topological polar surface area (TPSA) is 49.4 Å². The molecule has 1 N–H and O–H groups in total. The predicted octanol–water partition coefficient (Wildman–Crippen LogP) is 3.44. The molecule has 0 bridgehead atoms. The third-order valence-corrected chi connectivity index (χ3v) is 5.21. The molecule has 1 unspecified atom stereocenters. The molecule has 0 radical (unpaired) electrons. The molecule has 25 heavy (non-hydrogen) atoms. The number of piperidine rings is 1. The zero-order valence-corrected chi connectivity index (χ0v) is 14.9. The molecule has 0 aromatic heterocycles. The first-order valence-electron chi connectivity index (χ1n) is 9.38. The normalized spacial score (nSPS) is 20.4. The standard InChI is InChI=1S/C20H27FN2O2/c1-14-5-8-17(18(21)12-14)20(25)23-11-3-2-4-16(23)9-10-22-19(24)13-15-6-7-15/h5,8,12,15-16H,2-4,6-7,9-11,13H2,1H3,(H,22,24). The maximum Gasteiger partial charge on any atom is 0.257 e. The van der Waals surface area contributed by atoms with Crippen molar-refractivity contribution in [2.24, 2.45) is 5.92 Å². The second-order valence-corrected chi connectivity index (χ2v) is 7.42. The van der Waals surface area contributed by atoms with Crippen LogP contribution in [0.5, 0.6) is 0 Å². The van der Waals surface area contributed by atoms with E-state index in [2.05, 4.69) is 5.32 Å². The van der Waals surface area contributed by atoms with Gasteiger partial charge in [-0.25, -0.2) is 4.39 Å². The van der Waals surface area contributed by atoms with Crippen LogP contribution >= 0.6 is 0 Å². The van der Waals surface area contributed by atoms with E-state index in [0.717, 1.165) is 31.2 Å². The number of nitrogens with one attached hydrogen (secondary N) is 1. The van der Waals surface area contributed by atoms with Crippen molar-refractivity contribution in [3.63, 3.8) is 0 Å². The van der Waals surface area contributed by atoms with Crippen molar-refractivity contribution in [1.82, 2.24) is 10.2 Å². The molecule has 2 aliphatic rings. The highest BCUT2D eigenvalue weighted by molar-refractivity contribution is 5.94. The van der Waals surface area contributed by atoms with Gasteiger partial charge in [-0.15, -0.1) is 0 Å². The lowest BCUT2D eigenvalue weighted by molar-refractivity contribution is -0.121. The fraction of sp³-hybridized carbons (Fsp3) is 0.600. The Bertz CT molecular complexity index is 643. The van der Waals surface area contributed by atoms with Crippen LogP contribution in [0.15, 0.2) is 18.2 Å². The molecule has 1 atom stereocenters. The number of nitrogens with zero attached hydrogens (tertiary/aromatic N) is 1. The van der Waals surface area contributed by atoms with Crippen LogP contribution in [0.25, 0.3) is 0 Å². The highest BCUT2D eigenvalue weighted by atomic mass is 19.1. The number of hydrogen-bond donors (Lipinski definition) is 1. The first kappa shape index (κ1) is 17.9. The Morgan fingerprint density at radius 2 is 2.04 bits per heavy atom. The summed E-state index contributed by atoms with van der Waals surface area (Å²) in [4.78, 5) is 26.4. The number of hydrogen-bond acceptors (Lipinski definition) is 2. The number of rotatable bonds is 6. The van der Waals surface area contributed by atoms with E-state index in [1.807, 2.05) is 6.92 Å². The second kappa shape index (κ2) is 7.98. The van der Waals surface area contributed by atoms with Crippen LogP contribution in [0.2, 0.25) is 0 Å². The van der Waals surface area contributed by atoms with E-state index in [4.69, 9.17) is 0 Å². The molecule has 1 aromatic carbocycles. The minimum atomic E-state index is -0.452. The van der Waals surface area contributed by atoms with Crippen molar-refractivity contribution in [3.8, 4) is 0 Å². The number of halogens is 1. The summed E-state index contributed by atoms with van der Waals surface area (Å²) < 4.78 is 14.2. The quantitative estimate of drug-likeness (QED) is 0.858. The molecular weight excluding hydrogens is 319 g/mol. The third kappa shape index (κ3) is 4.80. The lowest BCUT2D eigenvalue weighted by atomic mass is 9.97. The van der Waals surface area contributed by atoms with Crippen molar-refractivity contribution in [1.29, 1.82) is 0 Å². The van der Waals surface area contributed by atoms with Gasteiger partial charge in [-0.2, -0.15) is 0 Å². The maximum absolute atomic E-state index is 14.2. The number of aryl methyl sites for hydroxylation is 1. The van der Waals surface area contributed by atoms with E-state index >= 15 is 0 Å². The molecule has 2 fully saturated rings. The van der Waals surface area contributed by atoms with Gasteiger partial charge in [0, 0.05) is 25.6 Å². The van der Waals surface area contributed by atoms with Crippen LogP contribution in [-0.2, 0) is 4.79 Å². The van der Waals surface area contributed by atoms with Crippen molar-refractivity contribution in [3.05, 3.63) is 35.1 Å². The molecule has 5 heteroatoms. The fourth-order valence-corrected chi connectivity index (χ4v) is 3.55. The average Bonchev–Trinajstić information content (AvgIpc) is 3.38. The Kier molecular flexibility index (Phi) is 5.71. The summed E-state index contributed by atoms with van der Waals surface area (Å²) in [6.45, 7) is 3.05. The van der Waals surface area contributed by atoms with Crippen molar-refractivity contribution >= 4 is 11.8 Å². The Hall–Kier alpha value is -1.91. The minimum absolute atomic E-state index is 0.0724. The molecule has 1 aliphatic heterocycles. The number of carbonyl (C=O) groups is 2. The van der Waals surface area contributed by atoms with E-state index in [1.54, 1.807) is 17.0 Å². The van der Waals surface area contributed by atoms with Crippen molar-refractivity contribution < 1.29 is 14.0 Å². The van der Waals surface area contributed by atoms with Gasteiger partial charge in [-0.1, -0.05) is 6.07 Å². The first-order valence-corrected chi connectivity index (χ1v) is 9.38. The third-order valence-electron chi connectivity index (χ3n) is 5.21. The second-order valence-electron chi connectivity index (χ2n) is 7.42. The molecular formula is C20H27FN2O2. The van der Waals surface area contributed by atoms with Crippen LogP contribution in [0, 0.1) is 18.7 Å². The molecule has 0 spiro atoms. The Morgan fingerprint density at radius 3 is 2.76 bits per heavy atom. The molecule has 2 amide bonds. The molecule has 1 heterocycles. The van der Waals surface area contributed by atoms with Gasteiger partial charge in [0.2, 0.25) is 5.91 Å². The fourth-order valence-electron chi connectivity index (χ4n) is 3.55. The van der Waals surface area contributed by atoms with Gasteiger partial charge < -0.3 is 10.2 Å². The Labute approximate surface area is 148 Å². The monoisotopic (exact) mass is 346 g/mol. The van der Waals surface area contributed by atoms with Crippen LogP contribution in [0.3, 0.4) is 0 Å². The molecule has 1 saturated carbocycles. The molecule has 3 rings (SSSR count). The summed E-state index contributed by atoms with van der Waals surface area (Å²) in [6.07, 6.45) is 6.63. The van der Waals surface area contributed by atoms with Gasteiger partial charge in [0.25, 0.3) is 5.91 Å². The minimum Gasteiger partial charge on any atom is -0.356 e. The summed E-state index contributed by atoms with van der Waals surface area (Å²) >= 11 is 0. The van der Waals surface area contributed by atoms with Crippen LogP contribution in [0.4, 0.5) is 4.39 Å². The van der Waals surface area contributed by atoms with Crippen molar-refractivity contribution in [2.75, 3.05) is 13.1 Å². The Morgan fingerprint density at radius 1 is 1.24 bits per heavy atom. The van der Waals surface area contributed by atoms with Crippen LogP contribution < -0.4 is 5.32 Å². The Balaban J connectivity index is 1.57. The van der Waals surface area contributed by atoms with E-state index in [1.165, 1.54) is 18.9 Å². The summed E-state index contributed by atoms with van der Waals surface area (Å²) in [7, 11) is 0. The molecule has 1 aliphatic carbocycles. The van der Waals surface area contributed by atoms with Gasteiger partial charge in [0.1, 0.15) is 5.82 Å². The highest BCUT2D eigenvalue weighted by Gasteiger charge is 2.29. The van der Waals surface area contributed by atoms with Crippen LogP contribution in [0.1, 0.15) is 60.9 Å². The number of carbonyl (C=O) groups excluding carboxylic acids is 2. The molecule has 136 valence electrons. The van der Waals surface area contributed by atoms with Crippen molar-refractivity contribution in [2.45, 2.75) is 57.9 Å². The first-order chi connectivity index (χ1) is 12.0. The summed E-state index contributed by atoms with van der Waals surface area (Å²) in [5.41, 5.74) is 0.956. The highest BCUT2D eigenvalue weighted by Crippen LogP contribution is 2.32. The zero-order valence-electron chi connectivity index (χ0n) is 14.9. The van der Waals surface area contributed by atoms with Gasteiger partial charge in [-0.05, 0) is 69.1 Å². The lowest BCUT2D eigenvalue weighted by Gasteiger charge is -2.36. The molecule has 4 nitrogen and oxygen atoms in total. The molecule has 1 saturated heterocycles. The lowest BCUT2D eigenvalue weighted by Crippen LogP contribution is -2.45. The smallest absolute Gasteiger partial charge is 0.257 e. The number of benzene rings is 1. The van der Waals surface area contributed by atoms with E-state index in [0.29, 0.717) is 25.4 Å². The SMILES string of the molecule is Cc1ccc(C(=O)N2CCCCC2CCNC(=O)CC2CC2)c(F)c1. The van der Waals surface area contributed by atoms with E-state index in [9.17, 15) is 14.0 Å². The number of amides is 2. The van der Waals surface area contributed by atoms with E-state index in [-0.39, 0.29) is 23.4 Å². The van der Waals surface area contributed by atoms with Gasteiger partial charge in [0.15, 0.2) is 0 Å². The number of likely N-dealkylation sites (tertiary alicyclic amines) is 1. The summed E-state index contributed by atoms with van der Waals surface area (Å²) in [6, 6.07) is 4.83. The zero-order chi connectivity index (χ0) is 17.8. The van der Waals surface area contributed by atoms with E-state index < -0.39 is 5.82 Å². The average molecular weight is 346 g/mol. The predicted molar refractivity (Wildman–Crippen MR) is 94.8 cm³/mol. The molecule has 1 aromatic rings. The summed E-state index contributed by atoms with van der Waals surface area (Å²) in [5, 5.41) is 2.97. The van der Waals surface area contributed by atoms with Gasteiger partial charge in [-0.3, -0.25) is 9.59 Å². The largest absolute Gasteiger partial charge is 0.356 e. The van der Waals surface area contributed by atoms with Gasteiger partial charge in [0.05, 0.1) is 5.56 Å². The summed E-state index contributed by atoms with van der Waals surface area (Å²) in [5.74, 6) is 0.0107. The van der Waals surface area contributed by atoms with Crippen LogP contribution in [-0.4, -0.2) is 35.8 Å². The maximum atomic E-state index is 14.2.